The van der Waals surface area contributed by atoms with Crippen molar-refractivity contribution < 1.29 is 4.92 Å². The number of hydrogen-bond donors (Lipinski definition) is 2. The fraction of sp³-hybridized carbons (Fsp3) is 0.125. The van der Waals surface area contributed by atoms with E-state index >= 15 is 0 Å². The van der Waals surface area contributed by atoms with Gasteiger partial charge in [0.05, 0.1) is 17.2 Å². The summed E-state index contributed by atoms with van der Waals surface area (Å²) in [5.41, 5.74) is 5.00. The van der Waals surface area contributed by atoms with E-state index in [-0.39, 0.29) is 11.3 Å². The molecular weight excluding hydrogens is 186 g/mol. The van der Waals surface area contributed by atoms with Crippen molar-refractivity contribution in [3.05, 3.63) is 50.9 Å². The van der Waals surface area contributed by atoms with Crippen LogP contribution in [0.2, 0.25) is 0 Å². The maximum atomic E-state index is 11.2. The summed E-state index contributed by atoms with van der Waals surface area (Å²) in [5, 5.41) is 10.4. The lowest BCUT2D eigenvalue weighted by atomic mass is 10.1. The minimum atomic E-state index is -0.696. The van der Waals surface area contributed by atoms with E-state index in [4.69, 9.17) is 5.73 Å². The van der Waals surface area contributed by atoms with Crippen LogP contribution in [0.1, 0.15) is 11.6 Å². The van der Waals surface area contributed by atoms with E-state index in [9.17, 15) is 14.9 Å². The summed E-state index contributed by atoms with van der Waals surface area (Å²) in [5.74, 6) is 0. The number of H-pyrrole nitrogens is 1. The molecule has 0 radical (unpaired) electrons. The largest absolute Gasteiger partial charge is 0.322 e. The minimum Gasteiger partial charge on any atom is -0.322 e. The Morgan fingerprint density at radius 1 is 1.71 bits per heavy atom. The van der Waals surface area contributed by atoms with Gasteiger partial charge in [-0.1, -0.05) is 6.08 Å². The molecule has 6 heteroatoms. The summed E-state index contributed by atoms with van der Waals surface area (Å²) in [6.45, 7) is 3.40. The third-order valence-corrected chi connectivity index (χ3v) is 1.74. The summed E-state index contributed by atoms with van der Waals surface area (Å²) in [4.78, 5) is 23.2. The number of hydrogen-bond acceptors (Lipinski definition) is 4. The zero-order valence-corrected chi connectivity index (χ0v) is 7.27. The van der Waals surface area contributed by atoms with Gasteiger partial charge in [-0.2, -0.15) is 0 Å². The maximum Gasteiger partial charge on any atom is 0.285 e. The first-order chi connectivity index (χ1) is 6.56. The van der Waals surface area contributed by atoms with E-state index in [2.05, 4.69) is 11.6 Å². The van der Waals surface area contributed by atoms with E-state index in [1.54, 1.807) is 0 Å². The maximum absolute atomic E-state index is 11.2. The molecule has 0 saturated heterocycles. The van der Waals surface area contributed by atoms with Crippen LogP contribution < -0.4 is 11.3 Å². The molecule has 1 aromatic rings. The Morgan fingerprint density at radius 2 is 2.36 bits per heavy atom. The van der Waals surface area contributed by atoms with Crippen molar-refractivity contribution in [1.82, 2.24) is 4.98 Å². The van der Waals surface area contributed by atoms with Gasteiger partial charge in [0.2, 0.25) is 0 Å². The molecule has 0 aliphatic rings. The zero-order chi connectivity index (χ0) is 10.7. The lowest BCUT2D eigenvalue weighted by molar-refractivity contribution is -0.385. The first-order valence-electron chi connectivity index (χ1n) is 3.81. The number of nitrogens with one attached hydrogen (secondary N) is 1. The van der Waals surface area contributed by atoms with Gasteiger partial charge in [-0.05, 0) is 0 Å². The van der Waals surface area contributed by atoms with Gasteiger partial charge in [0, 0.05) is 11.6 Å². The van der Waals surface area contributed by atoms with Gasteiger partial charge in [-0.15, -0.1) is 6.58 Å². The van der Waals surface area contributed by atoms with Crippen LogP contribution in [-0.4, -0.2) is 9.91 Å². The summed E-state index contributed by atoms with van der Waals surface area (Å²) >= 11 is 0. The van der Waals surface area contributed by atoms with E-state index in [1.165, 1.54) is 6.08 Å². The van der Waals surface area contributed by atoms with Gasteiger partial charge < -0.3 is 10.7 Å². The van der Waals surface area contributed by atoms with Crippen LogP contribution in [0.3, 0.4) is 0 Å². The SMILES string of the molecule is C=CC(N)c1cc([N+](=O)[O-])c[nH]c1=O. The number of aromatic amines is 1. The molecule has 0 spiro atoms. The van der Waals surface area contributed by atoms with E-state index in [1.807, 2.05) is 0 Å². The summed E-state index contributed by atoms with van der Waals surface area (Å²) in [6.07, 6.45) is 2.37. The molecule has 1 aromatic heterocycles. The van der Waals surface area contributed by atoms with Crippen molar-refractivity contribution in [2.45, 2.75) is 6.04 Å². The Morgan fingerprint density at radius 3 is 2.86 bits per heavy atom. The third kappa shape index (κ3) is 1.86. The van der Waals surface area contributed by atoms with Gasteiger partial charge in [0.15, 0.2) is 0 Å². The Labute approximate surface area is 79.2 Å². The molecule has 14 heavy (non-hydrogen) atoms. The Kier molecular flexibility index (Phi) is 2.78. The van der Waals surface area contributed by atoms with Crippen LogP contribution in [0.25, 0.3) is 0 Å². The number of aromatic nitrogens is 1. The Hall–Kier alpha value is -1.95. The first-order valence-corrected chi connectivity index (χ1v) is 3.81. The Balaban J connectivity index is 3.28. The second-order valence-corrected chi connectivity index (χ2v) is 2.66. The molecule has 0 aromatic carbocycles. The molecule has 1 unspecified atom stereocenters. The molecular formula is C8H9N3O3. The van der Waals surface area contributed by atoms with Gasteiger partial charge >= 0.3 is 0 Å². The van der Waals surface area contributed by atoms with E-state index in [0.717, 1.165) is 12.3 Å². The molecule has 74 valence electrons. The van der Waals surface area contributed by atoms with Gasteiger partial charge in [0.1, 0.15) is 0 Å². The smallest absolute Gasteiger partial charge is 0.285 e. The monoisotopic (exact) mass is 195 g/mol. The third-order valence-electron chi connectivity index (χ3n) is 1.74. The van der Waals surface area contributed by atoms with Crippen molar-refractivity contribution in [3.8, 4) is 0 Å². The lowest BCUT2D eigenvalue weighted by Crippen LogP contribution is -2.20. The predicted molar refractivity (Wildman–Crippen MR) is 50.8 cm³/mol. The average molecular weight is 195 g/mol. The topological polar surface area (TPSA) is 102 Å². The zero-order valence-electron chi connectivity index (χ0n) is 7.27. The lowest BCUT2D eigenvalue weighted by Gasteiger charge is -2.03. The molecule has 0 saturated carbocycles. The van der Waals surface area contributed by atoms with Gasteiger partial charge in [-0.3, -0.25) is 14.9 Å². The number of pyridine rings is 1. The van der Waals surface area contributed by atoms with Crippen molar-refractivity contribution in [2.24, 2.45) is 5.73 Å². The molecule has 3 N–H and O–H groups in total. The second kappa shape index (κ2) is 3.84. The first kappa shape index (κ1) is 10.1. The fourth-order valence-electron chi connectivity index (χ4n) is 0.969. The summed E-state index contributed by atoms with van der Waals surface area (Å²) < 4.78 is 0. The normalized spacial score (nSPS) is 12.1. The highest BCUT2D eigenvalue weighted by Gasteiger charge is 2.12. The minimum absolute atomic E-state index is 0.134. The Bertz CT molecular complexity index is 424. The van der Waals surface area contributed by atoms with Gasteiger partial charge in [-0.25, -0.2) is 0 Å². The molecule has 0 aliphatic carbocycles. The summed E-state index contributed by atoms with van der Waals surface area (Å²) in [7, 11) is 0. The number of nitrogens with two attached hydrogens (primary N) is 1. The predicted octanol–water partition coefficient (Wildman–Crippen LogP) is 0.469. The molecule has 1 heterocycles. The molecule has 6 nitrogen and oxygen atoms in total. The molecule has 0 fully saturated rings. The fourth-order valence-corrected chi connectivity index (χ4v) is 0.969. The van der Waals surface area contributed by atoms with Crippen LogP contribution in [0.5, 0.6) is 0 Å². The quantitative estimate of drug-likeness (QED) is 0.415. The highest BCUT2D eigenvalue weighted by molar-refractivity contribution is 5.32. The van der Waals surface area contributed by atoms with Crippen LogP contribution in [0, 0.1) is 10.1 Å². The van der Waals surface area contributed by atoms with Crippen LogP contribution >= 0.6 is 0 Å². The van der Waals surface area contributed by atoms with Crippen molar-refractivity contribution in [3.63, 3.8) is 0 Å². The summed E-state index contributed by atoms with van der Waals surface area (Å²) in [6, 6.07) is 0.448. The highest BCUT2D eigenvalue weighted by Crippen LogP contribution is 2.12. The standard InChI is InChI=1S/C8H9N3O3/c1-2-7(9)6-3-5(11(13)14)4-10-8(6)12/h2-4,7H,1,9H2,(H,10,12). The number of nitro groups is 1. The number of rotatable bonds is 3. The van der Waals surface area contributed by atoms with E-state index in [0.29, 0.717) is 0 Å². The molecule has 0 aliphatic heterocycles. The van der Waals surface area contributed by atoms with Crippen LogP contribution in [0.15, 0.2) is 29.7 Å². The van der Waals surface area contributed by atoms with Crippen LogP contribution in [0.4, 0.5) is 5.69 Å². The van der Waals surface area contributed by atoms with E-state index < -0.39 is 16.5 Å². The average Bonchev–Trinajstić information content (AvgIpc) is 2.17. The van der Waals surface area contributed by atoms with Crippen molar-refractivity contribution >= 4 is 5.69 Å². The molecule has 1 atom stereocenters. The van der Waals surface area contributed by atoms with Crippen molar-refractivity contribution in [2.75, 3.05) is 0 Å². The molecule has 1 rings (SSSR count). The highest BCUT2D eigenvalue weighted by atomic mass is 16.6. The van der Waals surface area contributed by atoms with Gasteiger partial charge in [0.25, 0.3) is 11.2 Å². The number of nitrogens with zero attached hydrogens (tertiary/aromatic N) is 1. The van der Waals surface area contributed by atoms with Crippen molar-refractivity contribution in [1.29, 1.82) is 0 Å². The second-order valence-electron chi connectivity index (χ2n) is 2.66. The molecule has 0 amide bonds. The molecule has 0 bridgehead atoms. The van der Waals surface area contributed by atoms with Crippen LogP contribution in [-0.2, 0) is 0 Å².